The van der Waals surface area contributed by atoms with Gasteiger partial charge >= 0.3 is 0 Å². The van der Waals surface area contributed by atoms with Gasteiger partial charge in [-0.15, -0.1) is 0 Å². The van der Waals surface area contributed by atoms with Crippen molar-refractivity contribution in [3.63, 3.8) is 0 Å². The van der Waals surface area contributed by atoms with Crippen LogP contribution in [0.15, 0.2) is 24.3 Å². The number of halogens is 2. The highest BCUT2D eigenvalue weighted by Gasteiger charge is 2.20. The second kappa shape index (κ2) is 6.23. The highest BCUT2D eigenvalue weighted by atomic mass is 19.1. The summed E-state index contributed by atoms with van der Waals surface area (Å²) in [6.45, 7) is 7.53. The van der Waals surface area contributed by atoms with Gasteiger partial charge in [-0.25, -0.2) is 18.4 Å². The van der Waals surface area contributed by atoms with Crippen LogP contribution in [-0.4, -0.2) is 20.7 Å². The van der Waals surface area contributed by atoms with E-state index in [-0.39, 0.29) is 11.7 Å². The molecule has 0 aliphatic heterocycles. The first-order chi connectivity index (χ1) is 11.8. The van der Waals surface area contributed by atoms with Crippen LogP contribution in [0, 0.1) is 25.5 Å². The molecule has 3 aromatic rings. The number of rotatable bonds is 3. The fourth-order valence-electron chi connectivity index (χ4n) is 2.76. The number of carbonyl (C=O) groups is 1. The molecule has 25 heavy (non-hydrogen) atoms. The smallest absolute Gasteiger partial charge is 0.256 e. The number of amides is 1. The minimum Gasteiger partial charge on any atom is -0.319 e. The van der Waals surface area contributed by atoms with Crippen LogP contribution in [0.5, 0.6) is 0 Å². The lowest BCUT2D eigenvalue weighted by molar-refractivity contribution is 0.102. The van der Waals surface area contributed by atoms with Gasteiger partial charge in [0, 0.05) is 17.8 Å². The van der Waals surface area contributed by atoms with Crippen LogP contribution in [0.3, 0.4) is 0 Å². The third-order valence-electron chi connectivity index (χ3n) is 3.88. The maximum Gasteiger partial charge on any atom is 0.256 e. The molecule has 1 aromatic carbocycles. The molecular weight excluding hydrogens is 326 g/mol. The van der Waals surface area contributed by atoms with E-state index >= 15 is 0 Å². The standard InChI is InChI=1S/C18H18F2N4O/c1-9(2)24-17-16(11(4)23-24)13(7-10(3)21-17)18(25)22-15-6-5-12(19)8-14(15)20/h5-9H,1-4H3,(H,22,25). The second-order valence-electron chi connectivity index (χ2n) is 6.21. The van der Waals surface area contributed by atoms with E-state index in [9.17, 15) is 13.6 Å². The summed E-state index contributed by atoms with van der Waals surface area (Å²) in [6, 6.07) is 4.73. The molecule has 0 radical (unpaired) electrons. The summed E-state index contributed by atoms with van der Waals surface area (Å²) in [5.41, 5.74) is 2.20. The maximum atomic E-state index is 13.8. The monoisotopic (exact) mass is 344 g/mol. The molecule has 0 fully saturated rings. The third kappa shape index (κ3) is 3.09. The van der Waals surface area contributed by atoms with E-state index in [0.29, 0.717) is 28.0 Å². The van der Waals surface area contributed by atoms with Crippen LogP contribution in [-0.2, 0) is 0 Å². The second-order valence-corrected chi connectivity index (χ2v) is 6.21. The topological polar surface area (TPSA) is 59.8 Å². The molecular formula is C18H18F2N4O. The number of pyridine rings is 1. The van der Waals surface area contributed by atoms with Gasteiger partial charge in [0.2, 0.25) is 0 Å². The zero-order valence-electron chi connectivity index (χ0n) is 14.4. The van der Waals surface area contributed by atoms with Crippen molar-refractivity contribution < 1.29 is 13.6 Å². The van der Waals surface area contributed by atoms with Gasteiger partial charge in [0.1, 0.15) is 11.6 Å². The highest BCUT2D eigenvalue weighted by Crippen LogP contribution is 2.26. The molecule has 7 heteroatoms. The van der Waals surface area contributed by atoms with Crippen molar-refractivity contribution in [3.8, 4) is 0 Å². The van der Waals surface area contributed by atoms with E-state index in [1.165, 1.54) is 6.07 Å². The minimum atomic E-state index is -0.829. The maximum absolute atomic E-state index is 13.8. The molecule has 2 aromatic heterocycles. The Labute approximate surface area is 143 Å². The molecule has 0 atom stereocenters. The molecule has 0 bridgehead atoms. The fraction of sp³-hybridized carbons (Fsp3) is 0.278. The summed E-state index contributed by atoms with van der Waals surface area (Å²) in [6.07, 6.45) is 0. The first kappa shape index (κ1) is 17.0. The van der Waals surface area contributed by atoms with Gasteiger partial charge in [0.05, 0.1) is 22.3 Å². The molecule has 0 saturated heterocycles. The molecule has 0 unspecified atom stereocenters. The van der Waals surface area contributed by atoms with Crippen molar-refractivity contribution in [2.24, 2.45) is 0 Å². The first-order valence-electron chi connectivity index (χ1n) is 7.90. The number of anilines is 1. The average molecular weight is 344 g/mol. The lowest BCUT2D eigenvalue weighted by Crippen LogP contribution is -2.14. The third-order valence-corrected chi connectivity index (χ3v) is 3.88. The van der Waals surface area contributed by atoms with Gasteiger partial charge in [-0.05, 0) is 45.9 Å². The Hall–Kier alpha value is -2.83. The van der Waals surface area contributed by atoms with Gasteiger partial charge in [0.25, 0.3) is 5.91 Å². The summed E-state index contributed by atoms with van der Waals surface area (Å²) in [7, 11) is 0. The summed E-state index contributed by atoms with van der Waals surface area (Å²) < 4.78 is 28.6. The number of hydrogen-bond donors (Lipinski definition) is 1. The van der Waals surface area contributed by atoms with Gasteiger partial charge in [-0.3, -0.25) is 4.79 Å². The lowest BCUT2D eigenvalue weighted by Gasteiger charge is -2.10. The number of fused-ring (bicyclic) bond motifs is 1. The Bertz CT molecular complexity index is 979. The van der Waals surface area contributed by atoms with Gasteiger partial charge < -0.3 is 5.32 Å². The zero-order chi connectivity index (χ0) is 18.3. The van der Waals surface area contributed by atoms with Crippen molar-refractivity contribution in [1.29, 1.82) is 0 Å². The molecule has 0 spiro atoms. The van der Waals surface area contributed by atoms with Crippen LogP contribution < -0.4 is 5.32 Å². The molecule has 0 aliphatic carbocycles. The summed E-state index contributed by atoms with van der Waals surface area (Å²) in [5, 5.41) is 7.58. The van der Waals surface area contributed by atoms with Crippen LogP contribution in [0.2, 0.25) is 0 Å². The largest absolute Gasteiger partial charge is 0.319 e. The number of nitrogens with zero attached hydrogens (tertiary/aromatic N) is 3. The lowest BCUT2D eigenvalue weighted by atomic mass is 10.1. The average Bonchev–Trinajstić information content (AvgIpc) is 2.86. The van der Waals surface area contributed by atoms with Crippen LogP contribution in [0.4, 0.5) is 14.5 Å². The number of aromatic nitrogens is 3. The van der Waals surface area contributed by atoms with Crippen LogP contribution in [0.1, 0.15) is 41.6 Å². The van der Waals surface area contributed by atoms with E-state index in [1.54, 1.807) is 24.6 Å². The molecule has 0 saturated carbocycles. The van der Waals surface area contributed by atoms with Gasteiger partial charge in [-0.2, -0.15) is 5.10 Å². The van der Waals surface area contributed by atoms with E-state index in [0.717, 1.165) is 12.1 Å². The number of nitrogens with one attached hydrogen (secondary N) is 1. The Morgan fingerprint density at radius 1 is 1.20 bits per heavy atom. The van der Waals surface area contributed by atoms with E-state index in [4.69, 9.17) is 0 Å². The zero-order valence-corrected chi connectivity index (χ0v) is 14.4. The Kier molecular flexibility index (Phi) is 4.24. The Morgan fingerprint density at radius 2 is 1.92 bits per heavy atom. The number of carbonyl (C=O) groups excluding carboxylic acids is 1. The SMILES string of the molecule is Cc1cc(C(=O)Nc2ccc(F)cc2F)c2c(C)nn(C(C)C)c2n1. The van der Waals surface area contributed by atoms with Crippen LogP contribution in [0.25, 0.3) is 11.0 Å². The van der Waals surface area contributed by atoms with Gasteiger partial charge in [0.15, 0.2) is 5.65 Å². The highest BCUT2D eigenvalue weighted by molar-refractivity contribution is 6.12. The van der Waals surface area contributed by atoms with Crippen molar-refractivity contribution in [3.05, 3.63) is 52.9 Å². The van der Waals surface area contributed by atoms with Crippen LogP contribution >= 0.6 is 0 Å². The Morgan fingerprint density at radius 3 is 2.56 bits per heavy atom. The van der Waals surface area contributed by atoms with Crippen molar-refractivity contribution in [1.82, 2.24) is 14.8 Å². The number of aryl methyl sites for hydroxylation is 2. The molecule has 0 aliphatic rings. The van der Waals surface area contributed by atoms with E-state index < -0.39 is 17.5 Å². The van der Waals surface area contributed by atoms with E-state index in [1.807, 2.05) is 13.8 Å². The molecule has 130 valence electrons. The summed E-state index contributed by atoms with van der Waals surface area (Å²) in [5.74, 6) is -2.02. The molecule has 3 rings (SSSR count). The molecule has 1 amide bonds. The fourth-order valence-corrected chi connectivity index (χ4v) is 2.76. The molecule has 5 nitrogen and oxygen atoms in total. The summed E-state index contributed by atoms with van der Waals surface area (Å²) >= 11 is 0. The van der Waals surface area contributed by atoms with Crippen molar-refractivity contribution in [2.45, 2.75) is 33.7 Å². The van der Waals surface area contributed by atoms with Crippen molar-refractivity contribution in [2.75, 3.05) is 5.32 Å². The Balaban J connectivity index is 2.10. The predicted molar refractivity (Wildman–Crippen MR) is 91.7 cm³/mol. The normalized spacial score (nSPS) is 11.3. The van der Waals surface area contributed by atoms with E-state index in [2.05, 4.69) is 15.4 Å². The summed E-state index contributed by atoms with van der Waals surface area (Å²) in [4.78, 5) is 17.2. The van der Waals surface area contributed by atoms with Crippen molar-refractivity contribution >= 4 is 22.6 Å². The molecule has 2 heterocycles. The minimum absolute atomic E-state index is 0.0796. The number of benzene rings is 1. The number of hydrogen-bond acceptors (Lipinski definition) is 3. The first-order valence-corrected chi connectivity index (χ1v) is 7.90. The quantitative estimate of drug-likeness (QED) is 0.776. The van der Waals surface area contributed by atoms with Gasteiger partial charge in [-0.1, -0.05) is 0 Å². The predicted octanol–water partition coefficient (Wildman–Crippen LogP) is 4.16. The molecule has 1 N–H and O–H groups in total.